The molecule has 0 aliphatic carbocycles. The van der Waals surface area contributed by atoms with E-state index < -0.39 is 0 Å². The minimum absolute atomic E-state index is 0.469. The van der Waals surface area contributed by atoms with Crippen LogP contribution >= 0.6 is 0 Å². The van der Waals surface area contributed by atoms with Gasteiger partial charge in [-0.1, -0.05) is 212 Å². The highest BCUT2D eigenvalue weighted by molar-refractivity contribution is 6.28. The zero-order valence-corrected chi connectivity index (χ0v) is 49.3. The van der Waals surface area contributed by atoms with E-state index in [9.17, 15) is 10.5 Å². The summed E-state index contributed by atoms with van der Waals surface area (Å²) < 4.78 is 9.51. The second-order valence-electron chi connectivity index (χ2n) is 23.2. The highest BCUT2D eigenvalue weighted by atomic mass is 15.1. The molecule has 5 aromatic heterocycles. The number of aromatic nitrogens is 7. The molecule has 0 fully saturated rings. The fourth-order valence-electron chi connectivity index (χ4n) is 14.4. The van der Waals surface area contributed by atoms with Crippen LogP contribution in [-0.4, -0.2) is 33.2 Å². The predicted octanol–water partition coefficient (Wildman–Crippen LogP) is 20.3. The van der Waals surface area contributed by atoms with Crippen LogP contribution < -0.4 is 0 Å². The lowest BCUT2D eigenvalue weighted by molar-refractivity contribution is 1.07. The number of benzene rings is 13. The van der Waals surface area contributed by atoms with Crippen LogP contribution in [0.2, 0.25) is 0 Å². The van der Waals surface area contributed by atoms with Crippen molar-refractivity contribution in [2.24, 2.45) is 0 Å². The minimum atomic E-state index is 0.469. The highest BCUT2D eigenvalue weighted by Gasteiger charge is 2.27. The van der Waals surface area contributed by atoms with Gasteiger partial charge in [0.15, 0.2) is 17.5 Å². The molecule has 426 valence electrons. The molecule has 0 radical (unpaired) electrons. The highest BCUT2D eigenvalue weighted by Crippen LogP contribution is 2.47. The van der Waals surface area contributed by atoms with E-state index in [0.29, 0.717) is 28.6 Å². The van der Waals surface area contributed by atoms with Gasteiger partial charge in [-0.15, -0.1) is 0 Å². The van der Waals surface area contributed by atoms with Crippen molar-refractivity contribution >= 4 is 87.2 Å². The molecule has 0 unspecified atom stereocenters. The van der Waals surface area contributed by atoms with Gasteiger partial charge in [-0.3, -0.25) is 0 Å². The summed E-state index contributed by atoms with van der Waals surface area (Å²) in [6.45, 7) is 0. The molecular formula is C83H49N9. The fraction of sp³-hybridized carbons (Fsp3) is 0. The van der Waals surface area contributed by atoms with Crippen molar-refractivity contribution in [1.82, 2.24) is 33.2 Å². The lowest BCUT2D eigenvalue weighted by atomic mass is 9.96. The maximum Gasteiger partial charge on any atom is 0.164 e. The SMILES string of the molecule is N#Cc1ccccc1-c1ccc(-c2nc(-c3ccccc3)nc(-c3ccc(-c4ccccc4C#N)c(-n4c5ccccc5c5c4ccc4c6ccccc6n(-c6ccccc6)c45)c3)n2)cc1-n1c2ccccc2c2c1ccc1c3ccccc3n(-c3ccccc3)c12. The number of rotatable bonds is 9. The molecule has 0 aliphatic rings. The molecule has 0 atom stereocenters. The van der Waals surface area contributed by atoms with Crippen molar-refractivity contribution in [3.05, 3.63) is 308 Å². The van der Waals surface area contributed by atoms with E-state index in [-0.39, 0.29) is 0 Å². The Balaban J connectivity index is 0.901. The first-order valence-corrected chi connectivity index (χ1v) is 30.7. The molecule has 92 heavy (non-hydrogen) atoms. The van der Waals surface area contributed by atoms with E-state index in [1.165, 1.54) is 10.8 Å². The van der Waals surface area contributed by atoms with E-state index in [4.69, 9.17) is 15.0 Å². The number of nitrogens with zero attached hydrogens (tertiary/aromatic N) is 9. The third kappa shape index (κ3) is 7.93. The average Bonchev–Trinajstić information content (AvgIpc) is 1.56. The van der Waals surface area contributed by atoms with Gasteiger partial charge in [0.25, 0.3) is 0 Å². The average molecular weight is 1170 g/mol. The monoisotopic (exact) mass is 1170 g/mol. The summed E-state index contributed by atoms with van der Waals surface area (Å²) in [6.07, 6.45) is 0. The van der Waals surface area contributed by atoms with Crippen LogP contribution in [0.1, 0.15) is 11.1 Å². The molecule has 0 bridgehead atoms. The van der Waals surface area contributed by atoms with Crippen molar-refractivity contribution in [3.63, 3.8) is 0 Å². The van der Waals surface area contributed by atoms with Gasteiger partial charge in [0.2, 0.25) is 0 Å². The molecule has 0 saturated heterocycles. The second kappa shape index (κ2) is 20.9. The molecule has 9 heteroatoms. The third-order valence-corrected chi connectivity index (χ3v) is 18.3. The standard InChI is InChI=1S/C83H49N9/c84-50-55-24-10-12-30-59(55)63-42-40-53(48-75(63)91-71-38-20-16-34-67(71)77-73(91)46-44-65-61-32-14-18-36-69(61)89(79(65)77)57-26-6-2-7-27-57)82-86-81(52-22-4-1-5-23-52)87-83(88-82)54-41-43-64(60-31-13-11-25-56(60)51-85)76(49-54)92-72-39-21-17-35-68(72)78-74(92)47-45-66-62-33-15-19-37-70(62)90(80(66)78)58-28-8-3-9-29-58/h1-49H. The lowest BCUT2D eigenvalue weighted by Crippen LogP contribution is -2.04. The lowest BCUT2D eigenvalue weighted by Gasteiger charge is -2.18. The van der Waals surface area contributed by atoms with Crippen LogP contribution in [0.25, 0.3) is 166 Å². The van der Waals surface area contributed by atoms with Crippen LogP contribution in [0.5, 0.6) is 0 Å². The molecular weight excluding hydrogens is 1120 g/mol. The summed E-state index contributed by atoms with van der Waals surface area (Å²) in [5.74, 6) is 1.44. The Bertz CT molecular complexity index is 5800. The summed E-state index contributed by atoms with van der Waals surface area (Å²) >= 11 is 0. The normalized spacial score (nSPS) is 11.7. The zero-order valence-electron chi connectivity index (χ0n) is 49.3. The number of nitriles is 2. The number of hydrogen-bond donors (Lipinski definition) is 0. The van der Waals surface area contributed by atoms with Crippen LogP contribution in [0.4, 0.5) is 0 Å². The largest absolute Gasteiger partial charge is 0.309 e. The maximum absolute atomic E-state index is 10.8. The molecule has 5 heterocycles. The summed E-state index contributed by atoms with van der Waals surface area (Å²) in [4.78, 5) is 16.3. The summed E-state index contributed by atoms with van der Waals surface area (Å²) in [5.41, 5.74) is 19.2. The summed E-state index contributed by atoms with van der Waals surface area (Å²) in [7, 11) is 0. The van der Waals surface area contributed by atoms with Gasteiger partial charge in [-0.2, -0.15) is 10.5 Å². The van der Waals surface area contributed by atoms with E-state index in [1.807, 2.05) is 78.9 Å². The predicted molar refractivity (Wildman–Crippen MR) is 374 cm³/mol. The first-order valence-electron chi connectivity index (χ1n) is 30.7. The second-order valence-corrected chi connectivity index (χ2v) is 23.2. The minimum Gasteiger partial charge on any atom is -0.309 e. The van der Waals surface area contributed by atoms with Crippen LogP contribution in [0.3, 0.4) is 0 Å². The fourth-order valence-corrected chi connectivity index (χ4v) is 14.4. The Morgan fingerprint density at radius 3 is 1.02 bits per heavy atom. The number of hydrogen-bond acceptors (Lipinski definition) is 5. The van der Waals surface area contributed by atoms with Crippen molar-refractivity contribution in [3.8, 4) is 91.3 Å². The van der Waals surface area contributed by atoms with E-state index in [0.717, 1.165) is 138 Å². The maximum atomic E-state index is 10.8. The van der Waals surface area contributed by atoms with Crippen molar-refractivity contribution in [2.75, 3.05) is 0 Å². The molecule has 0 spiro atoms. The van der Waals surface area contributed by atoms with E-state index in [2.05, 4.69) is 249 Å². The zero-order chi connectivity index (χ0) is 61.0. The van der Waals surface area contributed by atoms with Gasteiger partial charge in [0.05, 0.1) is 78.8 Å². The Labute approximate surface area is 527 Å². The van der Waals surface area contributed by atoms with Gasteiger partial charge >= 0.3 is 0 Å². The summed E-state index contributed by atoms with van der Waals surface area (Å²) in [6, 6.07) is 108. The Morgan fingerprint density at radius 1 is 0.250 bits per heavy atom. The molecule has 9 nitrogen and oxygen atoms in total. The van der Waals surface area contributed by atoms with Crippen LogP contribution in [0.15, 0.2) is 297 Å². The molecule has 0 saturated carbocycles. The first-order chi connectivity index (χ1) is 45.6. The first kappa shape index (κ1) is 52.2. The molecule has 0 amide bonds. The Hall–Kier alpha value is -13.0. The van der Waals surface area contributed by atoms with Gasteiger partial charge < -0.3 is 18.3 Å². The van der Waals surface area contributed by atoms with Crippen molar-refractivity contribution < 1.29 is 0 Å². The molecule has 0 aliphatic heterocycles. The molecule has 18 rings (SSSR count). The Morgan fingerprint density at radius 2 is 0.598 bits per heavy atom. The van der Waals surface area contributed by atoms with Crippen molar-refractivity contribution in [1.29, 1.82) is 10.5 Å². The van der Waals surface area contributed by atoms with Crippen LogP contribution in [0, 0.1) is 22.7 Å². The van der Waals surface area contributed by atoms with Crippen LogP contribution in [-0.2, 0) is 0 Å². The van der Waals surface area contributed by atoms with Gasteiger partial charge in [0, 0.05) is 93.4 Å². The third-order valence-electron chi connectivity index (χ3n) is 18.3. The Kier molecular flexibility index (Phi) is 11.8. The van der Waals surface area contributed by atoms with Gasteiger partial charge in [-0.05, 0) is 84.9 Å². The van der Waals surface area contributed by atoms with Crippen molar-refractivity contribution in [2.45, 2.75) is 0 Å². The molecule has 18 aromatic rings. The number of para-hydroxylation sites is 6. The topological polar surface area (TPSA) is 106 Å². The quantitative estimate of drug-likeness (QED) is 0.143. The summed E-state index contributed by atoms with van der Waals surface area (Å²) in [5, 5.41) is 30.6. The van der Waals surface area contributed by atoms with Gasteiger partial charge in [0.1, 0.15) is 0 Å². The number of fused-ring (bicyclic) bond motifs is 14. The van der Waals surface area contributed by atoms with E-state index >= 15 is 0 Å². The smallest absolute Gasteiger partial charge is 0.164 e. The molecule has 13 aromatic carbocycles. The molecule has 0 N–H and O–H groups in total. The van der Waals surface area contributed by atoms with Gasteiger partial charge in [-0.25, -0.2) is 15.0 Å². The van der Waals surface area contributed by atoms with E-state index in [1.54, 1.807) is 0 Å².